The van der Waals surface area contributed by atoms with E-state index < -0.39 is 0 Å². The fourth-order valence-electron chi connectivity index (χ4n) is 3.45. The molecule has 0 bridgehead atoms. The van der Waals surface area contributed by atoms with Crippen molar-refractivity contribution in [1.29, 1.82) is 0 Å². The van der Waals surface area contributed by atoms with Gasteiger partial charge in [0.1, 0.15) is 0 Å². The van der Waals surface area contributed by atoms with E-state index >= 15 is 0 Å². The highest BCUT2D eigenvalue weighted by Gasteiger charge is 2.12. The Hall–Kier alpha value is -2.11. The van der Waals surface area contributed by atoms with Gasteiger partial charge in [0.2, 0.25) is 0 Å². The maximum Gasteiger partial charge on any atom is 0.165 e. The smallest absolute Gasteiger partial charge is 0.165 e. The van der Waals surface area contributed by atoms with Crippen molar-refractivity contribution in [2.24, 2.45) is 0 Å². The zero-order chi connectivity index (χ0) is 22.5. The lowest BCUT2D eigenvalue weighted by Gasteiger charge is -2.16. The second-order valence-corrected chi connectivity index (χ2v) is 7.87. The van der Waals surface area contributed by atoms with Crippen molar-refractivity contribution >= 4 is 11.6 Å². The maximum absolute atomic E-state index is 6.41. The second kappa shape index (κ2) is 14.0. The number of ether oxygens (including phenoxy) is 4. The van der Waals surface area contributed by atoms with Gasteiger partial charge in [0.05, 0.1) is 27.9 Å². The fraction of sp³-hybridized carbons (Fsp3) is 0.520. The van der Waals surface area contributed by atoms with Crippen molar-refractivity contribution < 1.29 is 18.9 Å². The summed E-state index contributed by atoms with van der Waals surface area (Å²) in [4.78, 5) is 0. The summed E-state index contributed by atoms with van der Waals surface area (Å²) in [6.45, 7) is 4.15. The van der Waals surface area contributed by atoms with Crippen LogP contribution in [0.2, 0.25) is 5.02 Å². The predicted octanol–water partition coefficient (Wildman–Crippen LogP) is 6.39. The number of benzene rings is 2. The van der Waals surface area contributed by atoms with Gasteiger partial charge in [-0.1, -0.05) is 62.8 Å². The molecule has 2 aromatic rings. The van der Waals surface area contributed by atoms with Crippen LogP contribution >= 0.6 is 11.6 Å². The molecule has 0 saturated carbocycles. The summed E-state index contributed by atoms with van der Waals surface area (Å²) in [6.07, 6.45) is 7.40. The average Bonchev–Trinajstić information content (AvgIpc) is 2.79. The van der Waals surface area contributed by atoms with Crippen LogP contribution in [0.15, 0.2) is 30.3 Å². The third-order valence-electron chi connectivity index (χ3n) is 5.21. The third kappa shape index (κ3) is 7.82. The standard InChI is InChI=1S/C25H36ClNO4/c1-5-6-7-8-9-10-14-31-25-19(12-11-13-22(25)28-2)17-27-18-20-15-23(29-3)24(30-4)16-21(20)26/h11-13,15-16,27H,5-10,14,17-18H2,1-4H3. The number of halogens is 1. The van der Waals surface area contributed by atoms with Crippen LogP contribution in [0, 0.1) is 0 Å². The summed E-state index contributed by atoms with van der Waals surface area (Å²) in [5.74, 6) is 2.85. The van der Waals surface area contributed by atoms with Gasteiger partial charge in [-0.25, -0.2) is 0 Å². The van der Waals surface area contributed by atoms with Crippen LogP contribution in [0.5, 0.6) is 23.0 Å². The molecule has 0 heterocycles. The first-order chi connectivity index (χ1) is 15.1. The molecule has 31 heavy (non-hydrogen) atoms. The van der Waals surface area contributed by atoms with Gasteiger partial charge in [0.25, 0.3) is 0 Å². The fourth-order valence-corrected chi connectivity index (χ4v) is 3.67. The van der Waals surface area contributed by atoms with E-state index in [1.54, 1.807) is 27.4 Å². The van der Waals surface area contributed by atoms with Gasteiger partial charge in [-0.3, -0.25) is 0 Å². The van der Waals surface area contributed by atoms with Crippen LogP contribution in [0.25, 0.3) is 0 Å². The summed E-state index contributed by atoms with van der Waals surface area (Å²) in [5.41, 5.74) is 2.00. The van der Waals surface area contributed by atoms with E-state index in [0.29, 0.717) is 36.2 Å². The number of rotatable bonds is 15. The molecule has 0 radical (unpaired) electrons. The zero-order valence-electron chi connectivity index (χ0n) is 19.3. The quantitative estimate of drug-likeness (QED) is 0.319. The Kier molecular flexibility index (Phi) is 11.4. The Morgan fingerprint density at radius 3 is 2.13 bits per heavy atom. The van der Waals surface area contributed by atoms with Crippen molar-refractivity contribution in [2.45, 2.75) is 58.5 Å². The first-order valence-electron chi connectivity index (χ1n) is 11.0. The molecule has 0 spiro atoms. The maximum atomic E-state index is 6.41. The van der Waals surface area contributed by atoms with Gasteiger partial charge in [-0.2, -0.15) is 0 Å². The van der Waals surface area contributed by atoms with Crippen LogP contribution in [0.3, 0.4) is 0 Å². The van der Waals surface area contributed by atoms with Crippen molar-refractivity contribution in [3.05, 3.63) is 46.5 Å². The van der Waals surface area contributed by atoms with Crippen LogP contribution in [-0.4, -0.2) is 27.9 Å². The number of unbranched alkanes of at least 4 members (excludes halogenated alkanes) is 5. The highest BCUT2D eigenvalue weighted by molar-refractivity contribution is 6.31. The minimum absolute atomic E-state index is 0.591. The van der Waals surface area contributed by atoms with E-state index in [4.69, 9.17) is 30.5 Å². The molecule has 0 aromatic heterocycles. The second-order valence-electron chi connectivity index (χ2n) is 7.47. The predicted molar refractivity (Wildman–Crippen MR) is 127 cm³/mol. The molecule has 0 fully saturated rings. The van der Waals surface area contributed by atoms with Gasteiger partial charge in [0.15, 0.2) is 23.0 Å². The molecular weight excluding hydrogens is 414 g/mol. The Morgan fingerprint density at radius 1 is 0.774 bits per heavy atom. The number of hydrogen-bond donors (Lipinski definition) is 1. The molecule has 2 aromatic carbocycles. The molecule has 0 amide bonds. The first-order valence-corrected chi connectivity index (χ1v) is 11.4. The van der Waals surface area contributed by atoms with Crippen LogP contribution in [-0.2, 0) is 13.1 Å². The molecule has 5 nitrogen and oxygen atoms in total. The lowest BCUT2D eigenvalue weighted by molar-refractivity contribution is 0.281. The normalized spacial score (nSPS) is 10.7. The van der Waals surface area contributed by atoms with Gasteiger partial charge in [-0.05, 0) is 24.1 Å². The van der Waals surface area contributed by atoms with Crippen LogP contribution in [0.4, 0.5) is 0 Å². The van der Waals surface area contributed by atoms with Gasteiger partial charge >= 0.3 is 0 Å². The number of hydrogen-bond acceptors (Lipinski definition) is 5. The van der Waals surface area contributed by atoms with E-state index in [2.05, 4.69) is 18.3 Å². The summed E-state index contributed by atoms with van der Waals surface area (Å²) in [5, 5.41) is 4.08. The Balaban J connectivity index is 1.95. The van der Waals surface area contributed by atoms with Gasteiger partial charge in [-0.15, -0.1) is 0 Å². The summed E-state index contributed by atoms with van der Waals surface area (Å²) in [6, 6.07) is 9.65. The monoisotopic (exact) mass is 449 g/mol. The molecule has 0 atom stereocenters. The summed E-state index contributed by atoms with van der Waals surface area (Å²) >= 11 is 6.41. The van der Waals surface area contributed by atoms with Crippen molar-refractivity contribution in [1.82, 2.24) is 5.32 Å². The zero-order valence-corrected chi connectivity index (χ0v) is 20.0. The minimum Gasteiger partial charge on any atom is -0.493 e. The molecule has 0 aliphatic heterocycles. The number of para-hydroxylation sites is 1. The lowest BCUT2D eigenvalue weighted by Crippen LogP contribution is -2.14. The van der Waals surface area contributed by atoms with E-state index in [1.165, 1.54) is 32.1 Å². The molecule has 6 heteroatoms. The van der Waals surface area contributed by atoms with Crippen LogP contribution < -0.4 is 24.3 Å². The minimum atomic E-state index is 0.591. The van der Waals surface area contributed by atoms with Crippen molar-refractivity contribution in [3.8, 4) is 23.0 Å². The number of nitrogens with one attached hydrogen (secondary N) is 1. The van der Waals surface area contributed by atoms with E-state index in [9.17, 15) is 0 Å². The first kappa shape index (κ1) is 25.2. The molecular formula is C25H36ClNO4. The third-order valence-corrected chi connectivity index (χ3v) is 5.56. The Morgan fingerprint density at radius 2 is 1.42 bits per heavy atom. The summed E-state index contributed by atoms with van der Waals surface area (Å²) < 4.78 is 22.3. The van der Waals surface area contributed by atoms with Crippen molar-refractivity contribution in [2.75, 3.05) is 27.9 Å². The molecule has 2 rings (SSSR count). The largest absolute Gasteiger partial charge is 0.493 e. The molecule has 172 valence electrons. The van der Waals surface area contributed by atoms with E-state index in [1.807, 2.05) is 18.2 Å². The molecule has 1 N–H and O–H groups in total. The van der Waals surface area contributed by atoms with E-state index in [-0.39, 0.29) is 0 Å². The highest BCUT2D eigenvalue weighted by atomic mass is 35.5. The Labute approximate surface area is 192 Å². The van der Waals surface area contributed by atoms with Gasteiger partial charge < -0.3 is 24.3 Å². The molecule has 0 saturated heterocycles. The summed E-state index contributed by atoms with van der Waals surface area (Å²) in [7, 11) is 4.89. The molecule has 0 unspecified atom stereocenters. The topological polar surface area (TPSA) is 49.0 Å². The SMILES string of the molecule is CCCCCCCCOc1c(CNCc2cc(OC)c(OC)cc2Cl)cccc1OC. The number of methoxy groups -OCH3 is 3. The van der Waals surface area contributed by atoms with Crippen LogP contribution in [0.1, 0.15) is 56.6 Å². The molecule has 0 aliphatic rings. The lowest BCUT2D eigenvalue weighted by atomic mass is 10.1. The highest BCUT2D eigenvalue weighted by Crippen LogP contribution is 2.34. The van der Waals surface area contributed by atoms with Gasteiger partial charge in [0, 0.05) is 29.7 Å². The van der Waals surface area contributed by atoms with E-state index in [0.717, 1.165) is 29.0 Å². The van der Waals surface area contributed by atoms with Crippen molar-refractivity contribution in [3.63, 3.8) is 0 Å². The molecule has 0 aliphatic carbocycles. The Bertz CT molecular complexity index is 797. The average molecular weight is 450 g/mol.